The molecular weight excluding hydrogens is 290 g/mol. The van der Waals surface area contributed by atoms with Crippen molar-refractivity contribution in [3.8, 4) is 0 Å². The Balaban J connectivity index is 5.70. The van der Waals surface area contributed by atoms with Gasteiger partial charge in [-0.05, 0) is 6.92 Å². The van der Waals surface area contributed by atoms with Crippen molar-refractivity contribution < 1.29 is 43.2 Å². The Morgan fingerprint density at radius 3 is 1.06 bits per heavy atom. The van der Waals surface area contributed by atoms with Gasteiger partial charge in [-0.25, -0.2) is 16.8 Å². The van der Waals surface area contributed by atoms with Crippen molar-refractivity contribution in [3.05, 3.63) is 0 Å². The maximum Gasteiger partial charge on any atom is 0.498 e. The van der Waals surface area contributed by atoms with E-state index in [-0.39, 0.29) is 6.92 Å². The molecule has 0 saturated carbocycles. The van der Waals surface area contributed by atoms with Crippen molar-refractivity contribution in [3.63, 3.8) is 0 Å². The summed E-state index contributed by atoms with van der Waals surface area (Å²) < 4.78 is 109. The molecule has 0 fully saturated rings. The smallest absolute Gasteiger partial charge is 0.218 e. The van der Waals surface area contributed by atoms with E-state index in [1.807, 2.05) is 0 Å². The summed E-state index contributed by atoms with van der Waals surface area (Å²) >= 11 is 0. The minimum Gasteiger partial charge on any atom is -0.218 e. The van der Waals surface area contributed by atoms with E-state index in [4.69, 9.17) is 0 Å². The molecule has 98 valence electrons. The number of halogens is 6. The molecule has 0 aliphatic carbocycles. The van der Waals surface area contributed by atoms with E-state index < -0.39 is 35.3 Å². The minimum atomic E-state index is -6.43. The highest BCUT2D eigenvalue weighted by atomic mass is 32.3. The van der Waals surface area contributed by atoms with Gasteiger partial charge >= 0.3 is 11.0 Å². The normalized spacial score (nSPS) is 15.5. The van der Waals surface area contributed by atoms with Gasteiger partial charge in [0, 0.05) is 0 Å². The zero-order chi connectivity index (χ0) is 13.6. The maximum atomic E-state index is 11.8. The van der Waals surface area contributed by atoms with E-state index in [0.717, 1.165) is 0 Å². The molecule has 0 rings (SSSR count). The molecule has 0 aromatic carbocycles. The molecule has 0 unspecified atom stereocenters. The van der Waals surface area contributed by atoms with Gasteiger partial charge in [-0.2, -0.15) is 26.3 Å². The Morgan fingerprint density at radius 1 is 0.750 bits per heavy atom. The van der Waals surface area contributed by atoms with Gasteiger partial charge in [-0.1, -0.05) is 0 Å². The molecule has 0 bridgehead atoms. The van der Waals surface area contributed by atoms with Crippen LogP contribution in [0.5, 0.6) is 0 Å². The Bertz CT molecular complexity index is 410. The second kappa shape index (κ2) is 3.75. The molecule has 0 aliphatic rings. The zero-order valence-corrected chi connectivity index (χ0v) is 8.93. The highest BCUT2D eigenvalue weighted by Crippen LogP contribution is 2.35. The molecule has 0 heterocycles. The van der Waals surface area contributed by atoms with Crippen molar-refractivity contribution in [2.75, 3.05) is 0 Å². The van der Waals surface area contributed by atoms with E-state index in [2.05, 4.69) is 0 Å². The van der Waals surface area contributed by atoms with Crippen molar-refractivity contribution in [1.82, 2.24) is 0 Å². The number of sulfone groups is 2. The molecular formula is C4H4F6O4S2. The van der Waals surface area contributed by atoms with Crippen LogP contribution in [0.15, 0.2) is 0 Å². The molecule has 0 aromatic rings. The summed E-state index contributed by atoms with van der Waals surface area (Å²) in [7, 11) is -12.9. The lowest BCUT2D eigenvalue weighted by atomic mass is 11.0. The van der Waals surface area contributed by atoms with Gasteiger partial charge in [0.05, 0.1) is 0 Å². The summed E-state index contributed by atoms with van der Waals surface area (Å²) in [6, 6.07) is 0. The van der Waals surface area contributed by atoms with Crippen molar-refractivity contribution >= 4 is 19.7 Å². The van der Waals surface area contributed by atoms with Gasteiger partial charge in [0.15, 0.2) is 4.58 Å². The van der Waals surface area contributed by atoms with Crippen molar-refractivity contribution in [1.29, 1.82) is 0 Å². The van der Waals surface area contributed by atoms with Crippen molar-refractivity contribution in [2.45, 2.75) is 22.5 Å². The fourth-order valence-electron chi connectivity index (χ4n) is 0.543. The highest BCUT2D eigenvalue weighted by molar-refractivity contribution is 8.09. The third-order valence-corrected chi connectivity index (χ3v) is 6.08. The summed E-state index contributed by atoms with van der Waals surface area (Å²) in [6.45, 7) is -0.189. The molecule has 0 atom stereocenters. The highest BCUT2D eigenvalue weighted by Gasteiger charge is 2.60. The molecule has 0 saturated heterocycles. The van der Waals surface area contributed by atoms with Crippen LogP contribution >= 0.6 is 0 Å². The summed E-state index contributed by atoms with van der Waals surface area (Å²) in [4.78, 5) is 0. The third kappa shape index (κ3) is 2.42. The Labute approximate surface area is 86.1 Å². The lowest BCUT2D eigenvalue weighted by Gasteiger charge is -2.17. The fourth-order valence-corrected chi connectivity index (χ4v) is 3.28. The predicted molar refractivity (Wildman–Crippen MR) is 39.4 cm³/mol. The van der Waals surface area contributed by atoms with Crippen LogP contribution in [0.25, 0.3) is 0 Å². The average molecular weight is 294 g/mol. The lowest BCUT2D eigenvalue weighted by Crippen LogP contribution is -2.43. The van der Waals surface area contributed by atoms with Gasteiger partial charge in [-0.3, -0.25) is 0 Å². The lowest BCUT2D eigenvalue weighted by molar-refractivity contribution is -0.0469. The number of rotatable bonds is 2. The monoisotopic (exact) mass is 294 g/mol. The summed E-state index contributed by atoms with van der Waals surface area (Å²) in [6.07, 6.45) is 0. The van der Waals surface area contributed by atoms with Crippen LogP contribution in [-0.2, 0) is 19.7 Å². The van der Waals surface area contributed by atoms with E-state index in [1.54, 1.807) is 0 Å². The van der Waals surface area contributed by atoms with E-state index in [9.17, 15) is 43.2 Å². The predicted octanol–water partition coefficient (Wildman–Crippen LogP) is 1.20. The largest absolute Gasteiger partial charge is 0.498 e. The van der Waals surface area contributed by atoms with Crippen LogP contribution in [0, 0.1) is 0 Å². The summed E-state index contributed by atoms with van der Waals surface area (Å²) in [5.74, 6) is 0. The molecule has 0 spiro atoms. The fraction of sp³-hybridized carbons (Fsp3) is 1.00. The second-order valence-corrected chi connectivity index (χ2v) is 7.37. The van der Waals surface area contributed by atoms with Gasteiger partial charge in [-0.15, -0.1) is 0 Å². The molecule has 0 N–H and O–H groups in total. The quantitative estimate of drug-likeness (QED) is 0.718. The first kappa shape index (κ1) is 15.5. The first-order valence-corrected chi connectivity index (χ1v) is 6.35. The van der Waals surface area contributed by atoms with Crippen LogP contribution in [0.4, 0.5) is 26.3 Å². The average Bonchev–Trinajstić information content (AvgIpc) is 1.98. The van der Waals surface area contributed by atoms with Crippen LogP contribution < -0.4 is 0 Å². The first-order valence-electron chi connectivity index (χ1n) is 3.26. The molecule has 0 aliphatic heterocycles. The second-order valence-electron chi connectivity index (χ2n) is 2.55. The Morgan fingerprint density at radius 2 is 0.938 bits per heavy atom. The van der Waals surface area contributed by atoms with Gasteiger partial charge in [0.1, 0.15) is 0 Å². The Hall–Kier alpha value is -0.520. The number of hydrogen-bond donors (Lipinski definition) is 0. The first-order chi connectivity index (χ1) is 6.65. The minimum absolute atomic E-state index is 0.189. The van der Waals surface area contributed by atoms with Crippen molar-refractivity contribution in [2.24, 2.45) is 0 Å². The number of hydrogen-bond acceptors (Lipinski definition) is 4. The van der Waals surface area contributed by atoms with E-state index in [0.29, 0.717) is 0 Å². The zero-order valence-electron chi connectivity index (χ0n) is 7.29. The molecule has 0 amide bonds. The molecule has 12 heteroatoms. The molecule has 0 aromatic heterocycles. The maximum absolute atomic E-state index is 11.8. The van der Waals surface area contributed by atoms with Crippen LogP contribution in [0.1, 0.15) is 6.92 Å². The topological polar surface area (TPSA) is 68.3 Å². The standard InChI is InChI=1S/C4H4F6O4S2/c1-2(15(11,12)3(5,6)7)16(13,14)4(8,9)10/h2H,1H3. The SMILES string of the molecule is CC(S(=O)(=O)C(F)(F)F)S(=O)(=O)C(F)(F)F. The number of alkyl halides is 6. The third-order valence-electron chi connectivity index (χ3n) is 1.52. The molecule has 0 radical (unpaired) electrons. The summed E-state index contributed by atoms with van der Waals surface area (Å²) in [5.41, 5.74) is -12.1. The Kier molecular flexibility index (Phi) is 3.63. The molecule has 16 heavy (non-hydrogen) atoms. The van der Waals surface area contributed by atoms with Crippen LogP contribution in [-0.4, -0.2) is 32.4 Å². The molecule has 4 nitrogen and oxygen atoms in total. The van der Waals surface area contributed by atoms with Gasteiger partial charge in [0.25, 0.3) is 19.7 Å². The van der Waals surface area contributed by atoms with E-state index in [1.165, 1.54) is 0 Å². The van der Waals surface area contributed by atoms with Crippen LogP contribution in [0.2, 0.25) is 0 Å². The van der Waals surface area contributed by atoms with E-state index >= 15 is 0 Å². The van der Waals surface area contributed by atoms with Crippen LogP contribution in [0.3, 0.4) is 0 Å². The van der Waals surface area contributed by atoms with Gasteiger partial charge < -0.3 is 0 Å². The summed E-state index contributed by atoms with van der Waals surface area (Å²) in [5, 5.41) is 0. The van der Waals surface area contributed by atoms with Gasteiger partial charge in [0.2, 0.25) is 0 Å².